The number of pyridine rings is 1. The van der Waals surface area contributed by atoms with Gasteiger partial charge in [-0.15, -0.1) is 0 Å². The van der Waals surface area contributed by atoms with Gasteiger partial charge >= 0.3 is 0 Å². The summed E-state index contributed by atoms with van der Waals surface area (Å²) in [5.41, 5.74) is 6.02. The van der Waals surface area contributed by atoms with Crippen molar-refractivity contribution in [3.8, 4) is 0 Å². The number of carbonyl (C=O) groups excluding carboxylic acids is 1. The van der Waals surface area contributed by atoms with Gasteiger partial charge in [0.2, 0.25) is 15.9 Å². The molecule has 0 unspecified atom stereocenters. The number of rotatable bonds is 5. The van der Waals surface area contributed by atoms with Crippen LogP contribution in [0.25, 0.3) is 0 Å². The first-order valence-corrected chi connectivity index (χ1v) is 8.44. The molecule has 0 radical (unpaired) electrons. The van der Waals surface area contributed by atoms with E-state index in [1.165, 1.54) is 12.3 Å². The van der Waals surface area contributed by atoms with E-state index in [1.807, 2.05) is 0 Å². The van der Waals surface area contributed by atoms with Crippen LogP contribution in [0.5, 0.6) is 0 Å². The number of sulfonamides is 1. The molecule has 116 valence electrons. The first kappa shape index (κ1) is 15.9. The number of nitrogens with two attached hydrogens (primary N) is 1. The van der Waals surface area contributed by atoms with Crippen LogP contribution in [-0.4, -0.2) is 43.8 Å². The fraction of sp³-hybridized carbons (Fsp3) is 0.538. The molecule has 1 aromatic rings. The molecule has 0 aromatic carbocycles. The Hall–Kier alpha value is -1.51. The summed E-state index contributed by atoms with van der Waals surface area (Å²) in [5, 5.41) is 0. The quantitative estimate of drug-likeness (QED) is 0.785. The lowest BCUT2D eigenvalue weighted by atomic mass is 10.1. The van der Waals surface area contributed by atoms with Gasteiger partial charge in [0.1, 0.15) is 4.90 Å². The largest absolute Gasteiger partial charge is 0.342 e. The maximum absolute atomic E-state index is 12.1. The number of hydrogen-bond donors (Lipinski definition) is 2. The summed E-state index contributed by atoms with van der Waals surface area (Å²) in [6, 6.07) is 2.99. The van der Waals surface area contributed by atoms with Gasteiger partial charge in [-0.05, 0) is 31.4 Å². The lowest BCUT2D eigenvalue weighted by molar-refractivity contribution is -0.130. The van der Waals surface area contributed by atoms with Gasteiger partial charge in [-0.2, -0.15) is 0 Å². The predicted octanol–water partition coefficient (Wildman–Crippen LogP) is -0.169. The Labute approximate surface area is 124 Å². The smallest absolute Gasteiger partial charge is 0.242 e. The van der Waals surface area contributed by atoms with Gasteiger partial charge in [0.25, 0.3) is 0 Å². The van der Waals surface area contributed by atoms with E-state index < -0.39 is 10.0 Å². The van der Waals surface area contributed by atoms with E-state index in [0.29, 0.717) is 18.8 Å². The van der Waals surface area contributed by atoms with Crippen LogP contribution in [0.2, 0.25) is 0 Å². The summed E-state index contributed by atoms with van der Waals surface area (Å²) in [5.74, 6) is -0.190. The highest BCUT2D eigenvalue weighted by molar-refractivity contribution is 7.89. The van der Waals surface area contributed by atoms with Crippen LogP contribution in [0.1, 0.15) is 25.0 Å². The molecule has 1 fully saturated rings. The fourth-order valence-corrected chi connectivity index (χ4v) is 3.10. The van der Waals surface area contributed by atoms with Gasteiger partial charge in [-0.1, -0.05) is 0 Å². The van der Waals surface area contributed by atoms with Crippen LogP contribution in [0.3, 0.4) is 0 Å². The topological polar surface area (TPSA) is 105 Å². The molecule has 0 saturated carbocycles. The molecule has 21 heavy (non-hydrogen) atoms. The molecular weight excluding hydrogens is 292 g/mol. The predicted molar refractivity (Wildman–Crippen MR) is 77.7 cm³/mol. The van der Waals surface area contributed by atoms with E-state index >= 15 is 0 Å². The molecule has 0 atom stereocenters. The molecule has 3 N–H and O–H groups in total. The molecule has 1 aromatic heterocycles. The Balaban J connectivity index is 1.95. The van der Waals surface area contributed by atoms with E-state index in [4.69, 9.17) is 5.73 Å². The lowest BCUT2D eigenvalue weighted by Gasteiger charge is -2.26. The van der Waals surface area contributed by atoms with Crippen molar-refractivity contribution in [3.05, 3.63) is 24.0 Å². The molecule has 1 aliphatic heterocycles. The minimum atomic E-state index is -3.72. The average molecular weight is 312 g/mol. The van der Waals surface area contributed by atoms with Crippen molar-refractivity contribution in [2.24, 2.45) is 5.73 Å². The number of piperidine rings is 1. The van der Waals surface area contributed by atoms with Crippen molar-refractivity contribution in [2.45, 2.75) is 30.7 Å². The first-order valence-electron chi connectivity index (χ1n) is 6.95. The summed E-state index contributed by atoms with van der Waals surface area (Å²) in [6.45, 7) is 1.43. The SMILES string of the molecule is NCc1ccc(S(=O)(=O)NCC(=O)N2CCCCC2)cn1. The zero-order chi connectivity index (χ0) is 15.3. The Morgan fingerprint density at radius 3 is 2.57 bits per heavy atom. The van der Waals surface area contributed by atoms with E-state index in [9.17, 15) is 13.2 Å². The molecule has 2 rings (SSSR count). The number of amides is 1. The van der Waals surface area contributed by atoms with Gasteiger partial charge in [0.15, 0.2) is 0 Å². The van der Waals surface area contributed by atoms with E-state index in [2.05, 4.69) is 9.71 Å². The highest BCUT2D eigenvalue weighted by Gasteiger charge is 2.20. The molecule has 0 aliphatic carbocycles. The summed E-state index contributed by atoms with van der Waals surface area (Å²) in [6.07, 6.45) is 4.32. The number of carbonyl (C=O) groups is 1. The normalized spacial score (nSPS) is 16.0. The summed E-state index contributed by atoms with van der Waals surface area (Å²) in [4.78, 5) is 17.6. The van der Waals surface area contributed by atoms with Gasteiger partial charge in [0.05, 0.1) is 12.2 Å². The van der Waals surface area contributed by atoms with Gasteiger partial charge in [-0.25, -0.2) is 13.1 Å². The maximum Gasteiger partial charge on any atom is 0.242 e. The summed E-state index contributed by atoms with van der Waals surface area (Å²) in [7, 11) is -3.72. The first-order chi connectivity index (χ1) is 10.0. The van der Waals surface area contributed by atoms with E-state index in [-0.39, 0.29) is 23.9 Å². The number of nitrogens with one attached hydrogen (secondary N) is 1. The van der Waals surface area contributed by atoms with Gasteiger partial charge in [0, 0.05) is 25.8 Å². The van der Waals surface area contributed by atoms with Gasteiger partial charge < -0.3 is 10.6 Å². The maximum atomic E-state index is 12.1. The zero-order valence-electron chi connectivity index (χ0n) is 11.8. The number of likely N-dealkylation sites (tertiary alicyclic amines) is 1. The number of aromatic nitrogens is 1. The summed E-state index contributed by atoms with van der Waals surface area (Å²) < 4.78 is 26.5. The van der Waals surface area contributed by atoms with Crippen molar-refractivity contribution in [2.75, 3.05) is 19.6 Å². The Morgan fingerprint density at radius 1 is 1.29 bits per heavy atom. The van der Waals surface area contributed by atoms with Crippen LogP contribution in [-0.2, 0) is 21.4 Å². The van der Waals surface area contributed by atoms with Crippen LogP contribution < -0.4 is 10.5 Å². The van der Waals surface area contributed by atoms with Crippen molar-refractivity contribution in [1.82, 2.24) is 14.6 Å². The zero-order valence-corrected chi connectivity index (χ0v) is 12.6. The highest BCUT2D eigenvalue weighted by atomic mass is 32.2. The van der Waals surface area contributed by atoms with Crippen molar-refractivity contribution < 1.29 is 13.2 Å². The molecule has 0 spiro atoms. The van der Waals surface area contributed by atoms with Crippen molar-refractivity contribution >= 4 is 15.9 Å². The van der Waals surface area contributed by atoms with Crippen molar-refractivity contribution in [3.63, 3.8) is 0 Å². The minimum absolute atomic E-state index is 0.0335. The molecule has 1 saturated heterocycles. The van der Waals surface area contributed by atoms with Crippen LogP contribution in [0.15, 0.2) is 23.2 Å². The molecule has 7 nitrogen and oxygen atoms in total. The van der Waals surface area contributed by atoms with E-state index in [0.717, 1.165) is 19.3 Å². The Bertz CT molecular complexity index is 580. The third-order valence-electron chi connectivity index (χ3n) is 3.44. The average Bonchev–Trinajstić information content (AvgIpc) is 2.53. The van der Waals surface area contributed by atoms with Crippen LogP contribution in [0, 0.1) is 0 Å². The molecular formula is C13H20N4O3S. The monoisotopic (exact) mass is 312 g/mol. The Morgan fingerprint density at radius 2 is 2.00 bits per heavy atom. The second-order valence-corrected chi connectivity index (χ2v) is 6.72. The molecule has 1 aliphatic rings. The molecule has 8 heteroatoms. The number of hydrogen-bond acceptors (Lipinski definition) is 5. The second-order valence-electron chi connectivity index (χ2n) is 4.96. The van der Waals surface area contributed by atoms with E-state index in [1.54, 1.807) is 11.0 Å². The number of nitrogens with zero attached hydrogens (tertiary/aromatic N) is 2. The fourth-order valence-electron chi connectivity index (χ4n) is 2.19. The third kappa shape index (κ3) is 4.23. The molecule has 0 bridgehead atoms. The second kappa shape index (κ2) is 6.97. The van der Waals surface area contributed by atoms with Crippen LogP contribution >= 0.6 is 0 Å². The van der Waals surface area contributed by atoms with Gasteiger partial charge in [-0.3, -0.25) is 9.78 Å². The third-order valence-corrected chi connectivity index (χ3v) is 4.83. The standard InChI is InChI=1S/C13H20N4O3S/c14-8-11-4-5-12(9-15-11)21(19,20)16-10-13(18)17-6-2-1-3-7-17/h4-5,9,16H,1-3,6-8,10,14H2. The van der Waals surface area contributed by atoms with Crippen LogP contribution in [0.4, 0.5) is 0 Å². The molecule has 1 amide bonds. The highest BCUT2D eigenvalue weighted by Crippen LogP contribution is 2.10. The molecule has 2 heterocycles. The summed E-state index contributed by atoms with van der Waals surface area (Å²) >= 11 is 0. The Kier molecular flexibility index (Phi) is 5.27. The minimum Gasteiger partial charge on any atom is -0.342 e. The van der Waals surface area contributed by atoms with Crippen molar-refractivity contribution in [1.29, 1.82) is 0 Å². The lowest BCUT2D eigenvalue weighted by Crippen LogP contribution is -2.42.